The first-order valence-corrected chi connectivity index (χ1v) is 11.6. The van der Waals surface area contributed by atoms with Crippen LogP contribution in [0.5, 0.6) is 17.2 Å². The molecule has 1 N–H and O–H groups in total. The van der Waals surface area contributed by atoms with E-state index in [4.69, 9.17) is 14.2 Å². The Hall–Kier alpha value is -3.74. The molecule has 1 aliphatic rings. The van der Waals surface area contributed by atoms with Crippen LogP contribution in [0.3, 0.4) is 0 Å². The average Bonchev–Trinajstić information content (AvgIpc) is 2.97. The summed E-state index contributed by atoms with van der Waals surface area (Å²) in [4.78, 5) is 16.6. The van der Waals surface area contributed by atoms with Crippen LogP contribution in [-0.2, 0) is 16.0 Å². The summed E-state index contributed by atoms with van der Waals surface area (Å²) in [5, 5.41) is 9.82. The van der Waals surface area contributed by atoms with Gasteiger partial charge in [-0.2, -0.15) is 4.73 Å². The Morgan fingerprint density at radius 2 is 2.03 bits per heavy atom. The van der Waals surface area contributed by atoms with Crippen molar-refractivity contribution in [1.29, 1.82) is 0 Å². The van der Waals surface area contributed by atoms with E-state index in [9.17, 15) is 10.0 Å². The first kappa shape index (κ1) is 23.4. The van der Waals surface area contributed by atoms with Gasteiger partial charge >= 0.3 is 5.97 Å². The molecule has 2 aromatic carbocycles. The summed E-state index contributed by atoms with van der Waals surface area (Å²) in [6.07, 6.45) is 3.28. The zero-order valence-electron chi connectivity index (χ0n) is 19.6. The minimum atomic E-state index is -0.200. The van der Waals surface area contributed by atoms with Crippen molar-refractivity contribution in [3.05, 3.63) is 83.0 Å². The van der Waals surface area contributed by atoms with Crippen LogP contribution in [0.25, 0.3) is 0 Å². The molecular formula is C27H30N2O5. The lowest BCUT2D eigenvalue weighted by Crippen LogP contribution is -2.18. The first-order chi connectivity index (χ1) is 16.5. The monoisotopic (exact) mass is 462 g/mol. The van der Waals surface area contributed by atoms with Crippen LogP contribution in [0, 0.1) is 6.92 Å². The third-order valence-electron chi connectivity index (χ3n) is 5.72. The lowest BCUT2D eigenvalue weighted by atomic mass is 9.89. The second kappa shape index (κ2) is 10.9. The summed E-state index contributed by atoms with van der Waals surface area (Å²) in [7, 11) is 0. The fourth-order valence-corrected chi connectivity index (χ4v) is 4.04. The number of esters is 1. The molecule has 3 aromatic rings. The quantitative estimate of drug-likeness (QED) is 0.296. The molecule has 178 valence electrons. The van der Waals surface area contributed by atoms with Crippen molar-refractivity contribution in [2.24, 2.45) is 4.99 Å². The average molecular weight is 463 g/mol. The Bertz CT molecular complexity index is 1220. The number of benzene rings is 2. The number of aromatic nitrogens is 1. The van der Waals surface area contributed by atoms with Gasteiger partial charge < -0.3 is 19.4 Å². The number of carbonyl (C=O) groups excluding carboxylic acids is 1. The van der Waals surface area contributed by atoms with Crippen molar-refractivity contribution in [3.8, 4) is 17.2 Å². The van der Waals surface area contributed by atoms with E-state index >= 15 is 0 Å². The van der Waals surface area contributed by atoms with E-state index in [2.05, 4.69) is 4.99 Å². The lowest BCUT2D eigenvalue weighted by molar-refractivity contribution is -0.143. The predicted octanol–water partition coefficient (Wildman–Crippen LogP) is 4.79. The number of ether oxygens (including phenoxy) is 3. The van der Waals surface area contributed by atoms with Gasteiger partial charge in [-0.3, -0.25) is 9.79 Å². The number of pyridine rings is 1. The molecule has 0 saturated carbocycles. The molecule has 1 aromatic heterocycles. The lowest BCUT2D eigenvalue weighted by Gasteiger charge is -2.15. The van der Waals surface area contributed by atoms with Crippen molar-refractivity contribution in [2.75, 3.05) is 19.8 Å². The molecule has 0 aliphatic carbocycles. The Balaban J connectivity index is 1.42. The molecule has 1 aliphatic heterocycles. The van der Waals surface area contributed by atoms with Gasteiger partial charge in [0.25, 0.3) is 0 Å². The largest absolute Gasteiger partial charge is 0.493 e. The molecule has 4 rings (SSSR count). The van der Waals surface area contributed by atoms with Gasteiger partial charge in [-0.05, 0) is 61.2 Å². The molecule has 0 amide bonds. The zero-order chi connectivity index (χ0) is 23.9. The molecule has 0 spiro atoms. The molecule has 0 radical (unpaired) electrons. The van der Waals surface area contributed by atoms with Crippen LogP contribution < -0.4 is 15.0 Å². The third kappa shape index (κ3) is 5.78. The summed E-state index contributed by atoms with van der Waals surface area (Å²) in [6, 6.07) is 17.3. The van der Waals surface area contributed by atoms with Crippen LogP contribution in [0.1, 0.15) is 42.4 Å². The van der Waals surface area contributed by atoms with Crippen LogP contribution in [-0.4, -0.2) is 35.7 Å². The molecule has 0 fully saturated rings. The molecule has 1 atom stereocenters. The fourth-order valence-electron chi connectivity index (χ4n) is 4.04. The molecule has 2 heterocycles. The van der Waals surface area contributed by atoms with E-state index in [1.807, 2.05) is 68.4 Å². The molecule has 7 nitrogen and oxygen atoms in total. The molecular weight excluding hydrogens is 432 g/mol. The maximum absolute atomic E-state index is 12.2. The number of carbonyl (C=O) groups is 1. The summed E-state index contributed by atoms with van der Waals surface area (Å²) in [6.45, 7) is 5.17. The smallest absolute Gasteiger partial charge is 0.306 e. The number of fused-ring (bicyclic) bond motifs is 2. The standard InChI is InChI=1S/C27H30N2O5/c1-3-32-27(30)17-21-16-20-9-10-22(18-25(20)34-24-8-5-4-7-23(21)24)33-14-6-12-28-26-15-19(2)11-13-29(26)31/h4-5,7-11,13,15,18,21,31H,3,6,12,14,16-17H2,1-2H3. The summed E-state index contributed by atoms with van der Waals surface area (Å²) >= 11 is 0. The minimum Gasteiger partial charge on any atom is -0.493 e. The Labute approximate surface area is 199 Å². The normalized spacial score (nSPS) is 15.0. The summed E-state index contributed by atoms with van der Waals surface area (Å²) in [5.41, 5.74) is 3.60. The zero-order valence-corrected chi connectivity index (χ0v) is 19.6. The molecule has 0 bridgehead atoms. The highest BCUT2D eigenvalue weighted by Gasteiger charge is 2.26. The fraction of sp³-hybridized carbons (Fsp3) is 0.333. The van der Waals surface area contributed by atoms with E-state index in [-0.39, 0.29) is 11.9 Å². The van der Waals surface area contributed by atoms with Crippen molar-refractivity contribution < 1.29 is 24.2 Å². The Morgan fingerprint density at radius 1 is 1.18 bits per heavy atom. The van der Waals surface area contributed by atoms with Gasteiger partial charge in [0.1, 0.15) is 17.2 Å². The van der Waals surface area contributed by atoms with Crippen molar-refractivity contribution >= 4 is 5.97 Å². The molecule has 0 saturated heterocycles. The summed E-state index contributed by atoms with van der Waals surface area (Å²) in [5.74, 6) is 1.99. The first-order valence-electron chi connectivity index (χ1n) is 11.6. The molecule has 7 heteroatoms. The number of hydrogen-bond acceptors (Lipinski definition) is 6. The topological polar surface area (TPSA) is 82.3 Å². The van der Waals surface area contributed by atoms with E-state index in [1.54, 1.807) is 6.20 Å². The van der Waals surface area contributed by atoms with Crippen LogP contribution in [0.15, 0.2) is 65.8 Å². The third-order valence-corrected chi connectivity index (χ3v) is 5.72. The molecule has 34 heavy (non-hydrogen) atoms. The second-order valence-electron chi connectivity index (χ2n) is 8.31. The van der Waals surface area contributed by atoms with Gasteiger partial charge in [0.2, 0.25) is 0 Å². The van der Waals surface area contributed by atoms with Gasteiger partial charge in [0, 0.05) is 31.1 Å². The highest BCUT2D eigenvalue weighted by Crippen LogP contribution is 2.42. The predicted molar refractivity (Wildman–Crippen MR) is 128 cm³/mol. The van der Waals surface area contributed by atoms with E-state index in [0.717, 1.165) is 32.9 Å². The second-order valence-corrected chi connectivity index (χ2v) is 8.31. The van der Waals surface area contributed by atoms with E-state index in [0.29, 0.717) is 50.3 Å². The van der Waals surface area contributed by atoms with Gasteiger partial charge in [0.05, 0.1) is 19.6 Å². The minimum absolute atomic E-state index is 0.0132. The van der Waals surface area contributed by atoms with Crippen molar-refractivity contribution in [1.82, 2.24) is 4.73 Å². The van der Waals surface area contributed by atoms with Crippen LogP contribution >= 0.6 is 0 Å². The van der Waals surface area contributed by atoms with Crippen LogP contribution in [0.4, 0.5) is 0 Å². The number of nitrogens with zero attached hydrogens (tertiary/aromatic N) is 2. The van der Waals surface area contributed by atoms with Crippen molar-refractivity contribution in [3.63, 3.8) is 0 Å². The number of hydrogen-bond donors (Lipinski definition) is 1. The van der Waals surface area contributed by atoms with E-state index < -0.39 is 0 Å². The molecule has 1 unspecified atom stereocenters. The summed E-state index contributed by atoms with van der Waals surface area (Å²) < 4.78 is 18.4. The maximum Gasteiger partial charge on any atom is 0.306 e. The van der Waals surface area contributed by atoms with Gasteiger partial charge in [-0.25, -0.2) is 0 Å². The number of rotatable bonds is 8. The highest BCUT2D eigenvalue weighted by molar-refractivity contribution is 5.71. The Morgan fingerprint density at radius 3 is 2.88 bits per heavy atom. The van der Waals surface area contributed by atoms with Gasteiger partial charge in [-0.1, -0.05) is 24.3 Å². The van der Waals surface area contributed by atoms with Crippen LogP contribution in [0.2, 0.25) is 0 Å². The van der Waals surface area contributed by atoms with Gasteiger partial charge in [-0.15, -0.1) is 0 Å². The Kier molecular flexibility index (Phi) is 7.52. The maximum atomic E-state index is 12.2. The van der Waals surface area contributed by atoms with E-state index in [1.165, 1.54) is 0 Å². The highest BCUT2D eigenvalue weighted by atomic mass is 16.5. The van der Waals surface area contributed by atoms with Crippen molar-refractivity contribution in [2.45, 2.75) is 39.0 Å². The number of aryl methyl sites for hydroxylation is 1. The van der Waals surface area contributed by atoms with Gasteiger partial charge in [0.15, 0.2) is 5.49 Å². The number of para-hydroxylation sites is 1. The SMILES string of the molecule is CCOC(=O)CC1Cc2ccc(OCCCN=c3cc(C)ccn3O)cc2Oc2ccccc21.